The standard InChI is InChI=1S/C26H22Cl2N2O4/c1-3-33-22-6-4-5-21(14-22)30-26(31)19(15-29)11-17-7-10-24(25(12-17)32-2)34-16-18-8-9-20(27)13-23(18)28/h4-14H,3,16H2,1-2H3,(H,30,31)/b19-11-. The van der Waals surface area contributed by atoms with Crippen LogP contribution in [0.1, 0.15) is 18.1 Å². The predicted molar refractivity (Wildman–Crippen MR) is 134 cm³/mol. The molecule has 0 heterocycles. The molecule has 0 saturated heterocycles. The van der Waals surface area contributed by atoms with Crippen molar-refractivity contribution in [1.82, 2.24) is 0 Å². The highest BCUT2D eigenvalue weighted by Crippen LogP contribution is 2.31. The molecule has 0 atom stereocenters. The molecule has 0 saturated carbocycles. The quantitative estimate of drug-likeness (QED) is 0.269. The number of anilines is 1. The Balaban J connectivity index is 1.75. The van der Waals surface area contributed by atoms with Crippen molar-refractivity contribution in [3.05, 3.63) is 87.4 Å². The molecule has 8 heteroatoms. The van der Waals surface area contributed by atoms with Gasteiger partial charge in [-0.3, -0.25) is 4.79 Å². The molecule has 6 nitrogen and oxygen atoms in total. The third-order valence-electron chi connectivity index (χ3n) is 4.66. The zero-order valence-corrected chi connectivity index (χ0v) is 20.1. The fourth-order valence-electron chi connectivity index (χ4n) is 3.03. The number of benzene rings is 3. The minimum Gasteiger partial charge on any atom is -0.494 e. The van der Waals surface area contributed by atoms with E-state index in [4.69, 9.17) is 37.4 Å². The highest BCUT2D eigenvalue weighted by Gasteiger charge is 2.12. The molecule has 0 radical (unpaired) electrons. The van der Waals surface area contributed by atoms with Crippen LogP contribution in [0.3, 0.4) is 0 Å². The maximum atomic E-state index is 12.6. The van der Waals surface area contributed by atoms with Crippen molar-refractivity contribution in [1.29, 1.82) is 5.26 Å². The summed E-state index contributed by atoms with van der Waals surface area (Å²) in [6.07, 6.45) is 1.48. The lowest BCUT2D eigenvalue weighted by Crippen LogP contribution is -2.13. The van der Waals surface area contributed by atoms with E-state index in [9.17, 15) is 10.1 Å². The van der Waals surface area contributed by atoms with Crippen LogP contribution in [0.5, 0.6) is 17.2 Å². The van der Waals surface area contributed by atoms with Crippen molar-refractivity contribution < 1.29 is 19.0 Å². The molecule has 0 aromatic heterocycles. The molecule has 34 heavy (non-hydrogen) atoms. The number of carbonyl (C=O) groups excluding carboxylic acids is 1. The molecule has 0 bridgehead atoms. The van der Waals surface area contributed by atoms with E-state index in [2.05, 4.69) is 5.32 Å². The van der Waals surface area contributed by atoms with Gasteiger partial charge in [0.1, 0.15) is 24.0 Å². The SMILES string of the molecule is CCOc1cccc(NC(=O)/C(C#N)=C\c2ccc(OCc3ccc(Cl)cc3Cl)c(OC)c2)c1. The minimum atomic E-state index is -0.534. The number of methoxy groups -OCH3 is 1. The summed E-state index contributed by atoms with van der Waals surface area (Å²) in [5, 5.41) is 13.3. The Kier molecular flexibility index (Phi) is 8.80. The first-order valence-corrected chi connectivity index (χ1v) is 11.1. The summed E-state index contributed by atoms with van der Waals surface area (Å²) in [6.45, 7) is 2.60. The van der Waals surface area contributed by atoms with Gasteiger partial charge < -0.3 is 19.5 Å². The molecule has 3 rings (SSSR count). The van der Waals surface area contributed by atoms with Crippen molar-refractivity contribution in [3.63, 3.8) is 0 Å². The van der Waals surface area contributed by atoms with Gasteiger partial charge >= 0.3 is 0 Å². The second kappa shape index (κ2) is 12.0. The van der Waals surface area contributed by atoms with E-state index in [1.54, 1.807) is 60.7 Å². The normalized spacial score (nSPS) is 10.9. The molecule has 3 aromatic rings. The molecular weight excluding hydrogens is 475 g/mol. The maximum Gasteiger partial charge on any atom is 0.266 e. The van der Waals surface area contributed by atoms with Crippen LogP contribution >= 0.6 is 23.2 Å². The second-order valence-electron chi connectivity index (χ2n) is 7.02. The van der Waals surface area contributed by atoms with Gasteiger partial charge in [0, 0.05) is 27.4 Å². The lowest BCUT2D eigenvalue weighted by Gasteiger charge is -2.12. The Morgan fingerprint density at radius 1 is 1.06 bits per heavy atom. The van der Waals surface area contributed by atoms with E-state index in [0.29, 0.717) is 45.2 Å². The summed E-state index contributed by atoms with van der Waals surface area (Å²) < 4.78 is 16.7. The van der Waals surface area contributed by atoms with Gasteiger partial charge in [-0.2, -0.15) is 5.26 Å². The highest BCUT2D eigenvalue weighted by molar-refractivity contribution is 6.35. The fraction of sp³-hybridized carbons (Fsp3) is 0.154. The number of carbonyl (C=O) groups is 1. The first-order chi connectivity index (χ1) is 16.4. The van der Waals surface area contributed by atoms with E-state index < -0.39 is 5.91 Å². The first kappa shape index (κ1) is 25.0. The zero-order valence-electron chi connectivity index (χ0n) is 18.6. The topological polar surface area (TPSA) is 80.6 Å². The zero-order chi connectivity index (χ0) is 24.5. The smallest absolute Gasteiger partial charge is 0.266 e. The Morgan fingerprint density at radius 3 is 2.59 bits per heavy atom. The molecule has 0 fully saturated rings. The van der Waals surface area contributed by atoms with Crippen molar-refractivity contribution in [2.24, 2.45) is 0 Å². The van der Waals surface area contributed by atoms with Crippen molar-refractivity contribution in [2.45, 2.75) is 13.5 Å². The summed E-state index contributed by atoms with van der Waals surface area (Å²) in [7, 11) is 1.51. The Labute approximate surface area is 208 Å². The van der Waals surface area contributed by atoms with Gasteiger partial charge in [0.25, 0.3) is 5.91 Å². The van der Waals surface area contributed by atoms with E-state index >= 15 is 0 Å². The van der Waals surface area contributed by atoms with E-state index in [1.807, 2.05) is 13.0 Å². The summed E-state index contributed by atoms with van der Waals surface area (Å²) in [5.41, 5.74) is 1.84. The average Bonchev–Trinajstić information content (AvgIpc) is 2.82. The molecule has 0 aliphatic heterocycles. The van der Waals surface area contributed by atoms with Crippen LogP contribution in [0.4, 0.5) is 5.69 Å². The average molecular weight is 497 g/mol. The largest absolute Gasteiger partial charge is 0.494 e. The van der Waals surface area contributed by atoms with Gasteiger partial charge in [0.05, 0.1) is 13.7 Å². The minimum absolute atomic E-state index is 0.0644. The Hall–Kier alpha value is -3.66. The predicted octanol–water partition coefficient (Wildman–Crippen LogP) is 6.53. The van der Waals surface area contributed by atoms with Crippen LogP contribution in [0.25, 0.3) is 6.08 Å². The number of hydrogen-bond donors (Lipinski definition) is 1. The summed E-state index contributed by atoms with van der Waals surface area (Å²) in [5.74, 6) is 1.03. The van der Waals surface area contributed by atoms with Crippen LogP contribution < -0.4 is 19.5 Å². The van der Waals surface area contributed by atoms with Gasteiger partial charge in [0.2, 0.25) is 0 Å². The molecule has 0 aliphatic rings. The summed E-state index contributed by atoms with van der Waals surface area (Å²) >= 11 is 12.1. The molecule has 3 aromatic carbocycles. The van der Waals surface area contributed by atoms with Crippen molar-refractivity contribution >= 4 is 40.9 Å². The fourth-order valence-corrected chi connectivity index (χ4v) is 3.49. The third-order valence-corrected chi connectivity index (χ3v) is 5.25. The lowest BCUT2D eigenvalue weighted by molar-refractivity contribution is -0.112. The highest BCUT2D eigenvalue weighted by atomic mass is 35.5. The number of amides is 1. The molecule has 0 unspecified atom stereocenters. The number of ether oxygens (including phenoxy) is 3. The van der Waals surface area contributed by atoms with Gasteiger partial charge in [-0.05, 0) is 55.0 Å². The van der Waals surface area contributed by atoms with Crippen LogP contribution in [0.2, 0.25) is 10.0 Å². The molecule has 174 valence electrons. The summed E-state index contributed by atoms with van der Waals surface area (Å²) in [4.78, 5) is 12.6. The number of nitrogens with one attached hydrogen (secondary N) is 1. The Bertz CT molecular complexity index is 1250. The van der Waals surface area contributed by atoms with Crippen LogP contribution in [0.15, 0.2) is 66.2 Å². The van der Waals surface area contributed by atoms with Gasteiger partial charge in [-0.15, -0.1) is 0 Å². The molecule has 1 N–H and O–H groups in total. The van der Waals surface area contributed by atoms with Gasteiger partial charge in [-0.25, -0.2) is 0 Å². The number of rotatable bonds is 9. The van der Waals surface area contributed by atoms with Crippen molar-refractivity contribution in [2.75, 3.05) is 19.0 Å². The maximum absolute atomic E-state index is 12.6. The number of nitrogens with zero attached hydrogens (tertiary/aromatic N) is 1. The van der Waals surface area contributed by atoms with Crippen LogP contribution in [-0.2, 0) is 11.4 Å². The number of halogens is 2. The first-order valence-electron chi connectivity index (χ1n) is 10.3. The number of hydrogen-bond acceptors (Lipinski definition) is 5. The van der Waals surface area contributed by atoms with Crippen molar-refractivity contribution in [3.8, 4) is 23.3 Å². The van der Waals surface area contributed by atoms with Crippen LogP contribution in [0, 0.1) is 11.3 Å². The third kappa shape index (κ3) is 6.67. The van der Waals surface area contributed by atoms with Gasteiger partial charge in [-0.1, -0.05) is 41.4 Å². The van der Waals surface area contributed by atoms with E-state index in [-0.39, 0.29) is 12.2 Å². The van der Waals surface area contributed by atoms with Gasteiger partial charge in [0.15, 0.2) is 11.5 Å². The van der Waals surface area contributed by atoms with Crippen LogP contribution in [-0.4, -0.2) is 19.6 Å². The Morgan fingerprint density at radius 2 is 1.88 bits per heavy atom. The lowest BCUT2D eigenvalue weighted by atomic mass is 10.1. The molecular formula is C26H22Cl2N2O4. The molecule has 1 amide bonds. The summed E-state index contributed by atoms with van der Waals surface area (Å²) in [6, 6.07) is 19.2. The number of nitriles is 1. The monoisotopic (exact) mass is 496 g/mol. The molecule has 0 aliphatic carbocycles. The second-order valence-corrected chi connectivity index (χ2v) is 7.86. The molecule has 0 spiro atoms. The van der Waals surface area contributed by atoms with E-state index in [0.717, 1.165) is 5.56 Å². The van der Waals surface area contributed by atoms with E-state index in [1.165, 1.54) is 13.2 Å².